The van der Waals surface area contributed by atoms with Crippen LogP contribution in [0.2, 0.25) is 0 Å². The number of nitrogens with one attached hydrogen (secondary N) is 1. The van der Waals surface area contributed by atoms with Crippen molar-refractivity contribution in [2.75, 3.05) is 11.1 Å². The number of hydrogen-bond acceptors (Lipinski definition) is 5. The van der Waals surface area contributed by atoms with Gasteiger partial charge >= 0.3 is 0 Å². The Morgan fingerprint density at radius 2 is 1.75 bits per heavy atom. The number of thioether (sulfide) groups is 1. The highest BCUT2D eigenvalue weighted by Gasteiger charge is 2.20. The number of carbonyl (C=O) groups is 1. The van der Waals surface area contributed by atoms with Gasteiger partial charge in [0.1, 0.15) is 0 Å². The zero-order valence-corrected chi connectivity index (χ0v) is 20.3. The van der Waals surface area contributed by atoms with Crippen LogP contribution in [0.3, 0.4) is 0 Å². The maximum Gasteiger partial charge on any atom is 0.234 e. The number of nitrogens with zero attached hydrogens (tertiary/aromatic N) is 3. The molecule has 0 aliphatic rings. The molecule has 164 valence electrons. The third-order valence-corrected chi connectivity index (χ3v) is 7.27. The Morgan fingerprint density at radius 1 is 1.03 bits per heavy atom. The Hall–Kier alpha value is -2.90. The maximum absolute atomic E-state index is 12.6. The second-order valence-corrected chi connectivity index (χ2v) is 9.63. The zero-order valence-electron chi connectivity index (χ0n) is 18.7. The summed E-state index contributed by atoms with van der Waals surface area (Å²) < 4.78 is 2.09. The molecule has 0 bridgehead atoms. The minimum atomic E-state index is -0.0454. The van der Waals surface area contributed by atoms with Gasteiger partial charge in [-0.3, -0.25) is 4.79 Å². The van der Waals surface area contributed by atoms with Gasteiger partial charge < -0.3 is 9.88 Å². The maximum atomic E-state index is 12.6. The molecule has 32 heavy (non-hydrogen) atoms. The lowest BCUT2D eigenvalue weighted by atomic mass is 10.0. The number of anilines is 1. The van der Waals surface area contributed by atoms with Crippen LogP contribution in [-0.2, 0) is 11.3 Å². The predicted octanol–water partition coefficient (Wildman–Crippen LogP) is 6.35. The zero-order chi connectivity index (χ0) is 22.7. The fourth-order valence-electron chi connectivity index (χ4n) is 3.78. The molecule has 2 heterocycles. The lowest BCUT2D eigenvalue weighted by molar-refractivity contribution is -0.113. The summed E-state index contributed by atoms with van der Waals surface area (Å²) in [5.41, 5.74) is 6.46. The van der Waals surface area contributed by atoms with Crippen molar-refractivity contribution in [2.45, 2.75) is 39.4 Å². The molecule has 4 aromatic rings. The first-order valence-corrected chi connectivity index (χ1v) is 12.4. The molecular weight excluding hydrogens is 436 g/mol. The van der Waals surface area contributed by atoms with E-state index in [1.807, 2.05) is 38.1 Å². The molecule has 7 heteroatoms. The summed E-state index contributed by atoms with van der Waals surface area (Å²) in [5, 5.41) is 14.9. The minimum absolute atomic E-state index is 0.0454. The molecule has 2 aromatic carbocycles. The van der Waals surface area contributed by atoms with E-state index in [0.29, 0.717) is 0 Å². The van der Waals surface area contributed by atoms with Gasteiger partial charge in [-0.25, -0.2) is 0 Å². The summed E-state index contributed by atoms with van der Waals surface area (Å²) in [6, 6.07) is 16.4. The molecule has 1 N–H and O–H groups in total. The smallest absolute Gasteiger partial charge is 0.234 e. The molecule has 1 amide bonds. The number of thiophene rings is 1. The molecule has 4 rings (SSSR count). The monoisotopic (exact) mass is 462 g/mol. The van der Waals surface area contributed by atoms with E-state index in [0.717, 1.165) is 39.9 Å². The van der Waals surface area contributed by atoms with Crippen LogP contribution in [0.15, 0.2) is 59.1 Å². The van der Waals surface area contributed by atoms with Gasteiger partial charge in [-0.1, -0.05) is 60.3 Å². The second kappa shape index (κ2) is 9.71. The number of benzene rings is 2. The van der Waals surface area contributed by atoms with Crippen LogP contribution in [0.4, 0.5) is 5.69 Å². The molecule has 0 atom stereocenters. The average molecular weight is 463 g/mol. The van der Waals surface area contributed by atoms with Crippen molar-refractivity contribution in [2.24, 2.45) is 0 Å². The molecule has 5 nitrogen and oxygen atoms in total. The SMILES string of the molecule is CCn1c(SCC(=O)Nc2c(C)cccc2C)nnc1-c1csc(C)c1-c1ccccc1. The number of rotatable bonds is 7. The highest BCUT2D eigenvalue weighted by molar-refractivity contribution is 7.99. The van der Waals surface area contributed by atoms with Crippen LogP contribution in [0, 0.1) is 20.8 Å². The number of amides is 1. The summed E-state index contributed by atoms with van der Waals surface area (Å²) in [6.07, 6.45) is 0. The standard InChI is InChI=1S/C25H26N4OS2/c1-5-29-24(20-14-31-18(4)22(20)19-12-7-6-8-13-19)27-28-25(29)32-15-21(30)26-23-16(2)10-9-11-17(23)3/h6-14H,5,15H2,1-4H3,(H,26,30). The Bertz CT molecular complexity index is 1220. The third-order valence-electron chi connectivity index (χ3n) is 5.39. The summed E-state index contributed by atoms with van der Waals surface area (Å²) in [7, 11) is 0. The van der Waals surface area contributed by atoms with Crippen LogP contribution in [0.1, 0.15) is 22.9 Å². The summed E-state index contributed by atoms with van der Waals surface area (Å²) in [4.78, 5) is 13.9. The molecule has 0 saturated heterocycles. The number of carbonyl (C=O) groups excluding carboxylic acids is 1. The fourth-order valence-corrected chi connectivity index (χ4v) is 5.45. The topological polar surface area (TPSA) is 59.8 Å². The molecular formula is C25H26N4OS2. The van der Waals surface area contributed by atoms with Crippen molar-refractivity contribution in [1.82, 2.24) is 14.8 Å². The van der Waals surface area contributed by atoms with Gasteiger partial charge in [-0.15, -0.1) is 21.5 Å². The van der Waals surface area contributed by atoms with Crippen LogP contribution in [-0.4, -0.2) is 26.4 Å². The fraction of sp³-hybridized carbons (Fsp3) is 0.240. The molecule has 2 aromatic heterocycles. The van der Waals surface area contributed by atoms with Crippen molar-refractivity contribution in [3.05, 3.63) is 69.9 Å². The molecule has 0 saturated carbocycles. The van der Waals surface area contributed by atoms with Gasteiger partial charge in [0.05, 0.1) is 5.75 Å². The van der Waals surface area contributed by atoms with E-state index in [1.54, 1.807) is 11.3 Å². The highest BCUT2D eigenvalue weighted by Crippen LogP contribution is 2.39. The Kier molecular flexibility index (Phi) is 6.77. The van der Waals surface area contributed by atoms with Crippen LogP contribution in [0.25, 0.3) is 22.5 Å². The van der Waals surface area contributed by atoms with Crippen molar-refractivity contribution in [3.63, 3.8) is 0 Å². The molecule has 0 aliphatic carbocycles. The first-order chi connectivity index (χ1) is 15.5. The summed E-state index contributed by atoms with van der Waals surface area (Å²) >= 11 is 3.13. The summed E-state index contributed by atoms with van der Waals surface area (Å²) in [5.74, 6) is 1.07. The van der Waals surface area contributed by atoms with E-state index in [4.69, 9.17) is 0 Å². The van der Waals surface area contributed by atoms with Gasteiger partial charge in [0.15, 0.2) is 11.0 Å². The first-order valence-electron chi connectivity index (χ1n) is 10.6. The minimum Gasteiger partial charge on any atom is -0.325 e. The third kappa shape index (κ3) is 4.49. The van der Waals surface area contributed by atoms with Crippen molar-refractivity contribution in [3.8, 4) is 22.5 Å². The van der Waals surface area contributed by atoms with Crippen LogP contribution < -0.4 is 5.32 Å². The van der Waals surface area contributed by atoms with E-state index < -0.39 is 0 Å². The molecule has 0 unspecified atom stereocenters. The van der Waals surface area contributed by atoms with Crippen molar-refractivity contribution in [1.29, 1.82) is 0 Å². The van der Waals surface area contributed by atoms with Crippen LogP contribution >= 0.6 is 23.1 Å². The van der Waals surface area contributed by atoms with Gasteiger partial charge in [0, 0.05) is 33.6 Å². The highest BCUT2D eigenvalue weighted by atomic mass is 32.2. The second-order valence-electron chi connectivity index (χ2n) is 7.60. The Morgan fingerprint density at radius 3 is 2.44 bits per heavy atom. The largest absolute Gasteiger partial charge is 0.325 e. The van der Waals surface area contributed by atoms with Gasteiger partial charge in [-0.2, -0.15) is 0 Å². The number of para-hydroxylation sites is 1. The van der Waals surface area contributed by atoms with Gasteiger partial charge in [0.2, 0.25) is 5.91 Å². The molecule has 0 fully saturated rings. The van der Waals surface area contributed by atoms with Gasteiger partial charge in [-0.05, 0) is 44.4 Å². The van der Waals surface area contributed by atoms with E-state index in [2.05, 4.69) is 63.6 Å². The Balaban J connectivity index is 1.56. The lowest BCUT2D eigenvalue weighted by Gasteiger charge is -2.12. The van der Waals surface area contributed by atoms with Crippen molar-refractivity contribution < 1.29 is 4.79 Å². The quantitative estimate of drug-likeness (QED) is 0.325. The van der Waals surface area contributed by atoms with E-state index in [-0.39, 0.29) is 11.7 Å². The first kappa shape index (κ1) is 22.3. The Labute approximate surface area is 196 Å². The van der Waals surface area contributed by atoms with Crippen LogP contribution in [0.5, 0.6) is 0 Å². The molecule has 0 aliphatic heterocycles. The van der Waals surface area contributed by atoms with E-state index in [1.165, 1.54) is 27.8 Å². The number of aromatic nitrogens is 3. The molecule has 0 radical (unpaired) electrons. The summed E-state index contributed by atoms with van der Waals surface area (Å²) in [6.45, 7) is 8.95. The van der Waals surface area contributed by atoms with E-state index in [9.17, 15) is 4.79 Å². The van der Waals surface area contributed by atoms with E-state index >= 15 is 0 Å². The number of aryl methyl sites for hydroxylation is 3. The number of hydrogen-bond donors (Lipinski definition) is 1. The normalized spacial score (nSPS) is 11.0. The van der Waals surface area contributed by atoms with Gasteiger partial charge in [0.25, 0.3) is 0 Å². The molecule has 0 spiro atoms. The average Bonchev–Trinajstić information content (AvgIpc) is 3.38. The predicted molar refractivity (Wildman–Crippen MR) is 134 cm³/mol. The lowest BCUT2D eigenvalue weighted by Crippen LogP contribution is -2.16. The van der Waals surface area contributed by atoms with Crippen molar-refractivity contribution >= 4 is 34.7 Å².